The molecule has 24 heavy (non-hydrogen) atoms. The summed E-state index contributed by atoms with van der Waals surface area (Å²) in [4.78, 5) is 15.2. The number of piperidine rings is 1. The topological polar surface area (TPSA) is 62.9 Å². The van der Waals surface area contributed by atoms with Crippen LogP contribution < -0.4 is 0 Å². The monoisotopic (exact) mass is 333 g/mol. The van der Waals surface area contributed by atoms with Gasteiger partial charge in [-0.2, -0.15) is 0 Å². The molecule has 4 rings (SSSR count). The van der Waals surface area contributed by atoms with E-state index in [1.807, 2.05) is 12.1 Å². The molecule has 1 amide bonds. The van der Waals surface area contributed by atoms with Crippen LogP contribution in [0.5, 0.6) is 0 Å². The summed E-state index contributed by atoms with van der Waals surface area (Å²) in [7, 11) is 1.76. The van der Waals surface area contributed by atoms with Crippen LogP contribution in [0.15, 0.2) is 22.8 Å². The number of carbonyl (C=O) groups is 1. The Hall–Kier alpha value is -1.33. The van der Waals surface area contributed by atoms with E-state index in [0.29, 0.717) is 30.6 Å². The minimum atomic E-state index is -0.917. The third-order valence-corrected chi connectivity index (χ3v) is 6.36. The highest BCUT2D eigenvalue weighted by Crippen LogP contribution is 2.47. The molecule has 0 unspecified atom stereocenters. The molecule has 2 atom stereocenters. The Labute approximate surface area is 143 Å². The first-order valence-corrected chi connectivity index (χ1v) is 9.22. The van der Waals surface area contributed by atoms with Crippen molar-refractivity contribution >= 4 is 5.91 Å². The second kappa shape index (κ2) is 6.19. The van der Waals surface area contributed by atoms with Crippen molar-refractivity contribution in [1.82, 2.24) is 4.90 Å². The van der Waals surface area contributed by atoms with Gasteiger partial charge in [0.25, 0.3) is 0 Å². The number of amides is 1. The predicted octanol–water partition coefficient (Wildman–Crippen LogP) is 2.83. The van der Waals surface area contributed by atoms with Gasteiger partial charge in [-0.3, -0.25) is 4.79 Å². The van der Waals surface area contributed by atoms with E-state index in [1.165, 1.54) is 0 Å². The summed E-state index contributed by atoms with van der Waals surface area (Å²) in [6, 6.07) is 3.96. The molecule has 1 aliphatic carbocycles. The van der Waals surface area contributed by atoms with E-state index in [2.05, 4.69) is 4.90 Å². The van der Waals surface area contributed by atoms with Gasteiger partial charge in [-0.1, -0.05) is 0 Å². The van der Waals surface area contributed by atoms with Crippen LogP contribution in [0, 0.1) is 5.92 Å². The smallest absolute Gasteiger partial charge is 0.226 e. The lowest BCUT2D eigenvalue weighted by atomic mass is 9.81. The number of furan rings is 1. The zero-order chi connectivity index (χ0) is 16.7. The Bertz CT molecular complexity index is 562. The lowest BCUT2D eigenvalue weighted by Gasteiger charge is -2.44. The van der Waals surface area contributed by atoms with Crippen LogP contribution in [0.1, 0.15) is 57.1 Å². The van der Waals surface area contributed by atoms with Crippen molar-refractivity contribution in [2.45, 2.75) is 75.2 Å². The molecule has 5 nitrogen and oxygen atoms in total. The van der Waals surface area contributed by atoms with E-state index in [-0.39, 0.29) is 18.0 Å². The Balaban J connectivity index is 1.46. The number of ether oxygens (including phenoxy) is 1. The Morgan fingerprint density at radius 1 is 1.21 bits per heavy atom. The lowest BCUT2D eigenvalue weighted by Crippen LogP contribution is -2.53. The van der Waals surface area contributed by atoms with E-state index in [4.69, 9.17) is 9.15 Å². The number of hydrogen-bond donors (Lipinski definition) is 1. The molecule has 1 N–H and O–H groups in total. The first kappa shape index (κ1) is 16.2. The van der Waals surface area contributed by atoms with Crippen molar-refractivity contribution in [3.8, 4) is 0 Å². The summed E-state index contributed by atoms with van der Waals surface area (Å²) in [5.74, 6) is 1.08. The molecule has 132 valence electrons. The van der Waals surface area contributed by atoms with E-state index in [9.17, 15) is 9.90 Å². The van der Waals surface area contributed by atoms with E-state index >= 15 is 0 Å². The van der Waals surface area contributed by atoms with Gasteiger partial charge < -0.3 is 19.2 Å². The van der Waals surface area contributed by atoms with Crippen molar-refractivity contribution in [3.05, 3.63) is 24.2 Å². The van der Waals surface area contributed by atoms with Gasteiger partial charge in [0.1, 0.15) is 11.4 Å². The van der Waals surface area contributed by atoms with Crippen molar-refractivity contribution in [2.75, 3.05) is 7.11 Å². The van der Waals surface area contributed by atoms with Crippen molar-refractivity contribution in [1.29, 1.82) is 0 Å². The van der Waals surface area contributed by atoms with Crippen LogP contribution in [0.25, 0.3) is 0 Å². The van der Waals surface area contributed by atoms with E-state index in [1.54, 1.807) is 13.4 Å². The Morgan fingerprint density at radius 2 is 1.88 bits per heavy atom. The number of carbonyl (C=O) groups excluding carboxylic acids is 1. The highest BCUT2D eigenvalue weighted by molar-refractivity contribution is 5.80. The fourth-order valence-corrected chi connectivity index (χ4v) is 5.09. The number of nitrogens with zero attached hydrogens (tertiary/aromatic N) is 1. The first-order valence-electron chi connectivity index (χ1n) is 9.22. The van der Waals surface area contributed by atoms with Crippen LogP contribution in [0.3, 0.4) is 0 Å². The third kappa shape index (κ3) is 2.68. The number of rotatable bonds is 3. The summed E-state index contributed by atoms with van der Waals surface area (Å²) in [6.07, 6.45) is 8.91. The van der Waals surface area contributed by atoms with Gasteiger partial charge >= 0.3 is 0 Å². The standard InChI is InChI=1S/C19H27NO4/c1-23-16-8-4-13(5-9-16)18(21)20-14-6-7-15(20)12-19(22,11-14)17-3-2-10-24-17/h2-3,10,13-16,22H,4-9,11-12H2,1H3/t13?,14-,15-,16?/m1/s1. The fraction of sp³-hybridized carbons (Fsp3) is 0.737. The van der Waals surface area contributed by atoms with Gasteiger partial charge in [0.2, 0.25) is 5.91 Å². The second-order valence-electron chi connectivity index (χ2n) is 7.76. The molecule has 0 radical (unpaired) electrons. The largest absolute Gasteiger partial charge is 0.466 e. The average Bonchev–Trinajstić information content (AvgIpc) is 3.23. The number of aliphatic hydroxyl groups is 1. The predicted molar refractivity (Wildman–Crippen MR) is 88.2 cm³/mol. The summed E-state index contributed by atoms with van der Waals surface area (Å²) in [6.45, 7) is 0. The maximum Gasteiger partial charge on any atom is 0.226 e. The second-order valence-corrected chi connectivity index (χ2v) is 7.76. The minimum absolute atomic E-state index is 0.134. The van der Waals surface area contributed by atoms with Crippen LogP contribution in [-0.4, -0.2) is 41.2 Å². The van der Waals surface area contributed by atoms with Gasteiger partial charge in [-0.05, 0) is 50.7 Å². The zero-order valence-corrected chi connectivity index (χ0v) is 14.3. The normalized spacial score (nSPS) is 39.2. The average molecular weight is 333 g/mol. The third-order valence-electron chi connectivity index (χ3n) is 6.36. The molecular formula is C19H27NO4. The molecule has 2 saturated heterocycles. The molecule has 3 heterocycles. The number of fused-ring (bicyclic) bond motifs is 2. The Morgan fingerprint density at radius 3 is 2.42 bits per heavy atom. The van der Waals surface area contributed by atoms with Crippen LogP contribution in [0.4, 0.5) is 0 Å². The molecule has 1 aromatic rings. The summed E-state index contributed by atoms with van der Waals surface area (Å²) in [5.41, 5.74) is -0.917. The lowest BCUT2D eigenvalue weighted by molar-refractivity contribution is -0.149. The first-order chi connectivity index (χ1) is 11.6. The quantitative estimate of drug-likeness (QED) is 0.924. The SMILES string of the molecule is COC1CCC(C(=O)N2[C@@H]3CC[C@@H]2CC(O)(c2ccco2)C3)CC1. The van der Waals surface area contributed by atoms with Crippen molar-refractivity contribution in [3.63, 3.8) is 0 Å². The van der Waals surface area contributed by atoms with E-state index in [0.717, 1.165) is 38.5 Å². The molecule has 3 aliphatic rings. The maximum atomic E-state index is 13.1. The van der Waals surface area contributed by atoms with Gasteiger partial charge in [0.15, 0.2) is 0 Å². The van der Waals surface area contributed by atoms with E-state index < -0.39 is 5.60 Å². The van der Waals surface area contributed by atoms with Crippen molar-refractivity contribution < 1.29 is 19.1 Å². The molecule has 3 fully saturated rings. The Kier molecular flexibility index (Phi) is 4.17. The molecule has 2 bridgehead atoms. The van der Waals surface area contributed by atoms with Gasteiger partial charge in [0, 0.05) is 38.0 Å². The molecule has 1 saturated carbocycles. The summed E-state index contributed by atoms with van der Waals surface area (Å²) in [5, 5.41) is 11.0. The highest BCUT2D eigenvalue weighted by atomic mass is 16.5. The van der Waals surface area contributed by atoms with Crippen LogP contribution >= 0.6 is 0 Å². The molecule has 1 aromatic heterocycles. The fourth-order valence-electron chi connectivity index (χ4n) is 5.09. The number of methoxy groups -OCH3 is 1. The molecule has 0 spiro atoms. The van der Waals surface area contributed by atoms with Gasteiger partial charge in [-0.15, -0.1) is 0 Å². The minimum Gasteiger partial charge on any atom is -0.466 e. The highest BCUT2D eigenvalue weighted by Gasteiger charge is 2.52. The van der Waals surface area contributed by atoms with Gasteiger partial charge in [-0.25, -0.2) is 0 Å². The van der Waals surface area contributed by atoms with Gasteiger partial charge in [0.05, 0.1) is 12.4 Å². The summed E-state index contributed by atoms with van der Waals surface area (Å²) >= 11 is 0. The maximum absolute atomic E-state index is 13.1. The molecule has 2 aliphatic heterocycles. The van der Waals surface area contributed by atoms with Crippen molar-refractivity contribution in [2.24, 2.45) is 5.92 Å². The van der Waals surface area contributed by atoms with Crippen LogP contribution in [0.2, 0.25) is 0 Å². The zero-order valence-electron chi connectivity index (χ0n) is 14.3. The molecular weight excluding hydrogens is 306 g/mol. The molecule has 0 aromatic carbocycles. The summed E-state index contributed by atoms with van der Waals surface area (Å²) < 4.78 is 10.9. The molecule has 5 heteroatoms. The number of hydrogen-bond acceptors (Lipinski definition) is 4. The van der Waals surface area contributed by atoms with Crippen LogP contribution in [-0.2, 0) is 15.1 Å².